The van der Waals surface area contributed by atoms with Gasteiger partial charge in [0, 0.05) is 0 Å². The zero-order chi connectivity index (χ0) is 9.61. The molecule has 0 radical (unpaired) electrons. The summed E-state index contributed by atoms with van der Waals surface area (Å²) in [7, 11) is 0. The first kappa shape index (κ1) is 10.8. The lowest BCUT2D eigenvalue weighted by molar-refractivity contribution is -0.117. The molecule has 0 aliphatic heterocycles. The van der Waals surface area contributed by atoms with Crippen molar-refractivity contribution in [3.05, 3.63) is 0 Å². The van der Waals surface area contributed by atoms with E-state index in [1.807, 2.05) is 5.32 Å². The van der Waals surface area contributed by atoms with E-state index < -0.39 is 24.9 Å². The molecule has 0 heterocycles. The van der Waals surface area contributed by atoms with Crippen LogP contribution in [0.1, 0.15) is 6.92 Å². The average Bonchev–Trinajstić information content (AvgIpc) is 2.02. The van der Waals surface area contributed by atoms with Gasteiger partial charge in [0.05, 0.1) is 13.1 Å². The van der Waals surface area contributed by atoms with Crippen LogP contribution in [0.2, 0.25) is 0 Å². The van der Waals surface area contributed by atoms with Crippen LogP contribution in [0.3, 0.4) is 0 Å². The van der Waals surface area contributed by atoms with Gasteiger partial charge in [0.15, 0.2) is 0 Å². The van der Waals surface area contributed by atoms with Crippen molar-refractivity contribution >= 4 is 5.91 Å². The molecule has 3 N–H and O–H groups in total. The molecule has 12 heavy (non-hydrogen) atoms. The lowest BCUT2D eigenvalue weighted by atomic mass is 10.3. The summed E-state index contributed by atoms with van der Waals surface area (Å²) in [5.41, 5.74) is 4.73. The van der Waals surface area contributed by atoms with Crippen molar-refractivity contribution in [2.75, 3.05) is 13.1 Å². The number of rotatable bonds is 3. The quantitative estimate of drug-likeness (QED) is 0.581. The number of hydrogen-bond donors (Lipinski definition) is 2. The van der Waals surface area contributed by atoms with Crippen LogP contribution in [-0.2, 0) is 4.79 Å². The highest BCUT2D eigenvalue weighted by Gasteiger charge is 2.26. The molecule has 0 saturated heterocycles. The zero-order valence-corrected chi connectivity index (χ0v) is 6.66. The number of nitrogens with two attached hydrogens (primary N) is 1. The van der Waals surface area contributed by atoms with Gasteiger partial charge < -0.3 is 11.1 Å². The molecule has 5 heteroatoms. The summed E-state index contributed by atoms with van der Waals surface area (Å²) < 4.78 is 24.7. The number of amides is 1. The summed E-state index contributed by atoms with van der Waals surface area (Å²) in [4.78, 5) is 10.5. The van der Waals surface area contributed by atoms with Crippen LogP contribution < -0.4 is 11.1 Å². The van der Waals surface area contributed by atoms with E-state index in [2.05, 4.69) is 11.8 Å². The molecular weight excluding hydrogens is 166 g/mol. The Hall–Kier alpha value is -1.15. The van der Waals surface area contributed by atoms with Gasteiger partial charge in [-0.05, 0) is 12.8 Å². The van der Waals surface area contributed by atoms with E-state index in [0.717, 1.165) is 0 Å². The number of hydrogen-bond acceptors (Lipinski definition) is 2. The summed E-state index contributed by atoms with van der Waals surface area (Å²) >= 11 is 0. The van der Waals surface area contributed by atoms with Crippen LogP contribution in [0, 0.1) is 11.8 Å². The lowest BCUT2D eigenvalue weighted by Crippen LogP contribution is -2.41. The van der Waals surface area contributed by atoms with Gasteiger partial charge in [-0.3, -0.25) is 4.79 Å². The predicted molar refractivity (Wildman–Crippen MR) is 40.5 cm³/mol. The monoisotopic (exact) mass is 176 g/mol. The first-order valence-corrected chi connectivity index (χ1v) is 3.30. The molecular formula is C7H10F2N2O. The topological polar surface area (TPSA) is 55.1 Å². The molecule has 0 atom stereocenters. The van der Waals surface area contributed by atoms with Crippen LogP contribution in [0.25, 0.3) is 0 Å². The molecule has 0 aromatic rings. The van der Waals surface area contributed by atoms with E-state index in [1.54, 1.807) is 0 Å². The van der Waals surface area contributed by atoms with Crippen molar-refractivity contribution in [2.45, 2.75) is 12.8 Å². The molecule has 0 unspecified atom stereocenters. The van der Waals surface area contributed by atoms with Crippen LogP contribution in [0.5, 0.6) is 0 Å². The van der Waals surface area contributed by atoms with Gasteiger partial charge in [0.25, 0.3) is 11.8 Å². The minimum Gasteiger partial charge on any atom is -0.339 e. The SMILES string of the molecule is CC#CC(=O)NCC(F)(F)CN. The number of alkyl halides is 2. The number of halogens is 2. The van der Waals surface area contributed by atoms with Crippen molar-refractivity contribution in [3.63, 3.8) is 0 Å². The fourth-order valence-corrected chi connectivity index (χ4v) is 0.439. The van der Waals surface area contributed by atoms with Crippen LogP contribution in [0.15, 0.2) is 0 Å². The molecule has 0 aliphatic rings. The van der Waals surface area contributed by atoms with Crippen molar-refractivity contribution in [3.8, 4) is 11.8 Å². The standard InChI is InChI=1S/C7H10F2N2O/c1-2-3-6(12)11-5-7(8,9)4-10/h4-5,10H2,1H3,(H,11,12). The van der Waals surface area contributed by atoms with E-state index in [-0.39, 0.29) is 0 Å². The molecule has 0 fully saturated rings. The molecule has 0 aromatic carbocycles. The molecule has 0 aromatic heterocycles. The Kier molecular flexibility index (Phi) is 4.22. The third-order valence-corrected chi connectivity index (χ3v) is 1.04. The smallest absolute Gasteiger partial charge is 0.296 e. The highest BCUT2D eigenvalue weighted by Crippen LogP contribution is 2.07. The van der Waals surface area contributed by atoms with Crippen LogP contribution >= 0.6 is 0 Å². The van der Waals surface area contributed by atoms with Crippen LogP contribution in [-0.4, -0.2) is 24.9 Å². The molecule has 1 amide bonds. The second kappa shape index (κ2) is 4.67. The maximum Gasteiger partial charge on any atom is 0.296 e. The van der Waals surface area contributed by atoms with E-state index in [1.165, 1.54) is 6.92 Å². The van der Waals surface area contributed by atoms with E-state index in [4.69, 9.17) is 5.73 Å². The third kappa shape index (κ3) is 4.63. The van der Waals surface area contributed by atoms with Gasteiger partial charge in [-0.1, -0.05) is 5.92 Å². The Morgan fingerprint density at radius 3 is 2.67 bits per heavy atom. The second-order valence-corrected chi connectivity index (χ2v) is 2.12. The minimum absolute atomic E-state index is 0.717. The number of carbonyl (C=O) groups excluding carboxylic acids is 1. The molecule has 3 nitrogen and oxygen atoms in total. The summed E-state index contributed by atoms with van der Waals surface area (Å²) in [6.45, 7) is -0.107. The normalized spacial score (nSPS) is 10.0. The van der Waals surface area contributed by atoms with E-state index >= 15 is 0 Å². The highest BCUT2D eigenvalue weighted by molar-refractivity contribution is 5.93. The molecule has 0 aliphatic carbocycles. The largest absolute Gasteiger partial charge is 0.339 e. The Morgan fingerprint density at radius 1 is 1.67 bits per heavy atom. The molecule has 0 bridgehead atoms. The van der Waals surface area contributed by atoms with Crippen LogP contribution in [0.4, 0.5) is 8.78 Å². The van der Waals surface area contributed by atoms with Gasteiger partial charge in [0.2, 0.25) is 0 Å². The van der Waals surface area contributed by atoms with Crippen molar-refractivity contribution in [2.24, 2.45) is 5.73 Å². The molecule has 0 saturated carbocycles. The average molecular weight is 176 g/mol. The number of carbonyl (C=O) groups is 1. The van der Waals surface area contributed by atoms with Crippen molar-refractivity contribution in [1.29, 1.82) is 0 Å². The first-order chi connectivity index (χ1) is 5.52. The van der Waals surface area contributed by atoms with Crippen molar-refractivity contribution < 1.29 is 13.6 Å². The Bertz CT molecular complexity index is 217. The third-order valence-electron chi connectivity index (χ3n) is 1.04. The molecule has 0 rings (SSSR count). The molecule has 0 spiro atoms. The Balaban J connectivity index is 3.80. The first-order valence-electron chi connectivity index (χ1n) is 3.30. The highest BCUT2D eigenvalue weighted by atomic mass is 19.3. The van der Waals surface area contributed by atoms with E-state index in [9.17, 15) is 13.6 Å². The summed E-state index contributed by atoms with van der Waals surface area (Å²) in [6, 6.07) is 0. The van der Waals surface area contributed by atoms with Crippen molar-refractivity contribution in [1.82, 2.24) is 5.32 Å². The Labute approximate surface area is 69.3 Å². The van der Waals surface area contributed by atoms with Gasteiger partial charge in [0.1, 0.15) is 0 Å². The summed E-state index contributed by atoms with van der Waals surface area (Å²) in [6.07, 6.45) is 0. The van der Waals surface area contributed by atoms with Gasteiger partial charge in [-0.15, -0.1) is 0 Å². The molecule has 68 valence electrons. The summed E-state index contributed by atoms with van der Waals surface area (Å²) in [5, 5.41) is 1.93. The van der Waals surface area contributed by atoms with Gasteiger partial charge >= 0.3 is 0 Å². The van der Waals surface area contributed by atoms with Gasteiger partial charge in [-0.25, -0.2) is 8.78 Å². The van der Waals surface area contributed by atoms with E-state index in [0.29, 0.717) is 0 Å². The Morgan fingerprint density at radius 2 is 2.25 bits per heavy atom. The second-order valence-electron chi connectivity index (χ2n) is 2.12. The maximum atomic E-state index is 12.4. The maximum absolute atomic E-state index is 12.4. The summed E-state index contributed by atoms with van der Waals surface area (Å²) in [5.74, 6) is 0.584. The number of nitrogens with one attached hydrogen (secondary N) is 1. The zero-order valence-electron chi connectivity index (χ0n) is 6.66. The minimum atomic E-state index is -3.05. The fourth-order valence-electron chi connectivity index (χ4n) is 0.439. The fraction of sp³-hybridized carbons (Fsp3) is 0.571. The lowest BCUT2D eigenvalue weighted by Gasteiger charge is -2.12. The van der Waals surface area contributed by atoms with Gasteiger partial charge in [-0.2, -0.15) is 0 Å². The predicted octanol–water partition coefficient (Wildman–Crippen LogP) is -0.280.